The summed E-state index contributed by atoms with van der Waals surface area (Å²) in [7, 11) is -4.32. The Balaban J connectivity index is 2.39. The lowest BCUT2D eigenvalue weighted by molar-refractivity contribution is 0.582. The van der Waals surface area contributed by atoms with Crippen LogP contribution in [-0.2, 0) is 10.0 Å². The third kappa shape index (κ3) is 2.47. The summed E-state index contributed by atoms with van der Waals surface area (Å²) < 4.78 is 25.5. The van der Waals surface area contributed by atoms with Crippen LogP contribution in [0.4, 0.5) is 0 Å². The predicted molar refractivity (Wildman–Crippen MR) is 87.6 cm³/mol. The second-order valence-corrected chi connectivity index (χ2v) is 7.18. The van der Waals surface area contributed by atoms with Gasteiger partial charge in [-0.15, -0.1) is 3.97 Å². The van der Waals surface area contributed by atoms with Crippen LogP contribution in [0.3, 0.4) is 0 Å². The zero-order valence-electron chi connectivity index (χ0n) is 11.9. The molecule has 0 unspecified atom stereocenters. The topological polar surface area (TPSA) is 89.0 Å². The molecule has 0 aliphatic rings. The Hall–Kier alpha value is -2.38. The highest BCUT2D eigenvalue weighted by Gasteiger charge is 2.23. The zero-order chi connectivity index (χ0) is 16.8. The van der Waals surface area contributed by atoms with Gasteiger partial charge in [0.2, 0.25) is 0 Å². The van der Waals surface area contributed by atoms with Crippen molar-refractivity contribution >= 4 is 32.5 Å². The Morgan fingerprint density at radius 2 is 1.70 bits per heavy atom. The van der Waals surface area contributed by atoms with Crippen LogP contribution in [0, 0.1) is 6.92 Å². The van der Waals surface area contributed by atoms with Gasteiger partial charge in [-0.3, -0.25) is 4.79 Å². The minimum Gasteiger partial charge on any atom is -0.306 e. The van der Waals surface area contributed by atoms with E-state index in [1.54, 1.807) is 19.1 Å². The molecule has 6 nitrogen and oxygen atoms in total. The van der Waals surface area contributed by atoms with E-state index in [0.717, 1.165) is 0 Å². The van der Waals surface area contributed by atoms with Gasteiger partial charge in [-0.25, -0.2) is 13.2 Å². The number of benzene rings is 2. The summed E-state index contributed by atoms with van der Waals surface area (Å²) in [5.41, 5.74) is -0.896. The molecule has 8 heteroatoms. The van der Waals surface area contributed by atoms with Crippen LogP contribution in [-0.4, -0.2) is 17.4 Å². The van der Waals surface area contributed by atoms with Gasteiger partial charge in [-0.1, -0.05) is 23.7 Å². The summed E-state index contributed by atoms with van der Waals surface area (Å²) >= 11 is 5.73. The highest BCUT2D eigenvalue weighted by atomic mass is 35.5. The zero-order valence-corrected chi connectivity index (χ0v) is 13.5. The third-order valence-corrected chi connectivity index (χ3v) is 5.39. The summed E-state index contributed by atoms with van der Waals surface area (Å²) in [5.74, 6) is 0. The van der Waals surface area contributed by atoms with Gasteiger partial charge in [0.05, 0.1) is 15.8 Å². The van der Waals surface area contributed by atoms with Crippen LogP contribution < -0.4 is 11.2 Å². The molecule has 0 saturated carbocycles. The fraction of sp³-hybridized carbons (Fsp3) is 0.0667. The van der Waals surface area contributed by atoms with E-state index in [2.05, 4.69) is 4.98 Å². The molecular formula is C15H11ClN2O4S. The number of aromatic amines is 1. The van der Waals surface area contributed by atoms with Gasteiger partial charge in [-0.2, -0.15) is 0 Å². The average molecular weight is 351 g/mol. The minimum absolute atomic E-state index is 0.127. The first kappa shape index (κ1) is 15.5. The molecule has 0 saturated heterocycles. The van der Waals surface area contributed by atoms with Crippen molar-refractivity contribution < 1.29 is 8.42 Å². The molecule has 0 aliphatic carbocycles. The van der Waals surface area contributed by atoms with Crippen molar-refractivity contribution in [3.63, 3.8) is 0 Å². The van der Waals surface area contributed by atoms with Crippen LogP contribution in [0.25, 0.3) is 10.9 Å². The molecule has 0 fully saturated rings. The van der Waals surface area contributed by atoms with Gasteiger partial charge in [-0.05, 0) is 42.8 Å². The van der Waals surface area contributed by atoms with E-state index in [-0.39, 0.29) is 14.3 Å². The number of H-pyrrole nitrogens is 1. The first-order chi connectivity index (χ1) is 10.8. The van der Waals surface area contributed by atoms with Crippen LogP contribution in [0.2, 0.25) is 5.02 Å². The number of halogens is 1. The summed E-state index contributed by atoms with van der Waals surface area (Å²) in [6, 6.07) is 10.0. The number of fused-ring (bicyclic) bond motifs is 1. The normalized spacial score (nSPS) is 11.7. The molecule has 23 heavy (non-hydrogen) atoms. The standard InChI is InChI=1S/C15H11ClN2O4S/c1-9-3-2-4-12-13(9)17-15(20)18(14(12)19)23(21,22)11-7-5-10(16)6-8-11/h2-8H,1H3,(H,17,20). The summed E-state index contributed by atoms with van der Waals surface area (Å²) in [6.07, 6.45) is 0. The lowest BCUT2D eigenvalue weighted by Crippen LogP contribution is -2.40. The molecule has 1 aromatic heterocycles. The maximum Gasteiger partial charge on any atom is 0.343 e. The van der Waals surface area contributed by atoms with Crippen molar-refractivity contribution in [2.75, 3.05) is 0 Å². The first-order valence-corrected chi connectivity index (χ1v) is 8.40. The molecular weight excluding hydrogens is 340 g/mol. The summed E-state index contributed by atoms with van der Waals surface area (Å²) in [4.78, 5) is 27.0. The second-order valence-electron chi connectivity index (χ2n) is 4.96. The Labute approximate surface area is 136 Å². The number of aryl methyl sites for hydroxylation is 1. The van der Waals surface area contributed by atoms with Gasteiger partial charge in [0.25, 0.3) is 15.6 Å². The summed E-state index contributed by atoms with van der Waals surface area (Å²) in [6.45, 7) is 1.72. The van der Waals surface area contributed by atoms with Gasteiger partial charge < -0.3 is 4.98 Å². The number of hydrogen-bond acceptors (Lipinski definition) is 4. The SMILES string of the molecule is Cc1cccc2c(=O)n(S(=O)(=O)c3ccc(Cl)cc3)c(=O)[nH]c12. The van der Waals surface area contributed by atoms with E-state index < -0.39 is 21.3 Å². The molecule has 1 N–H and O–H groups in total. The number of aromatic nitrogens is 2. The Morgan fingerprint density at radius 1 is 1.04 bits per heavy atom. The molecule has 3 aromatic rings. The molecule has 0 amide bonds. The van der Waals surface area contributed by atoms with Gasteiger partial charge in [0, 0.05) is 5.02 Å². The minimum atomic E-state index is -4.32. The van der Waals surface area contributed by atoms with Crippen LogP contribution in [0.5, 0.6) is 0 Å². The molecule has 3 rings (SSSR count). The molecule has 0 atom stereocenters. The average Bonchev–Trinajstić information content (AvgIpc) is 2.49. The largest absolute Gasteiger partial charge is 0.343 e. The monoisotopic (exact) mass is 350 g/mol. The fourth-order valence-corrected chi connectivity index (χ4v) is 3.70. The molecule has 0 bridgehead atoms. The number of nitrogens with zero attached hydrogens (tertiary/aromatic N) is 1. The fourth-order valence-electron chi connectivity index (χ4n) is 2.30. The molecule has 0 aliphatic heterocycles. The third-order valence-electron chi connectivity index (χ3n) is 3.46. The van der Waals surface area contributed by atoms with Gasteiger partial charge in [0.1, 0.15) is 0 Å². The number of rotatable bonds is 2. The van der Waals surface area contributed by atoms with Gasteiger partial charge >= 0.3 is 5.69 Å². The van der Waals surface area contributed by atoms with E-state index in [9.17, 15) is 18.0 Å². The van der Waals surface area contributed by atoms with Crippen molar-refractivity contribution in [3.8, 4) is 0 Å². The lowest BCUT2D eigenvalue weighted by atomic mass is 10.1. The number of nitrogens with one attached hydrogen (secondary N) is 1. The van der Waals surface area contributed by atoms with E-state index >= 15 is 0 Å². The Bertz CT molecular complexity index is 1130. The predicted octanol–water partition coefficient (Wildman–Crippen LogP) is 1.89. The molecule has 1 heterocycles. The number of para-hydroxylation sites is 1. The maximum atomic E-state index is 12.6. The van der Waals surface area contributed by atoms with E-state index in [1.165, 1.54) is 30.3 Å². The molecule has 0 spiro atoms. The highest BCUT2D eigenvalue weighted by molar-refractivity contribution is 7.90. The van der Waals surface area contributed by atoms with Crippen molar-refractivity contribution in [2.24, 2.45) is 0 Å². The van der Waals surface area contributed by atoms with Crippen molar-refractivity contribution in [2.45, 2.75) is 11.8 Å². The summed E-state index contributed by atoms with van der Waals surface area (Å²) in [5, 5.41) is 0.474. The van der Waals surface area contributed by atoms with Crippen molar-refractivity contribution in [1.82, 2.24) is 8.96 Å². The Kier molecular flexibility index (Phi) is 3.62. The van der Waals surface area contributed by atoms with Crippen LogP contribution in [0.1, 0.15) is 5.56 Å². The van der Waals surface area contributed by atoms with Crippen LogP contribution >= 0.6 is 11.6 Å². The smallest absolute Gasteiger partial charge is 0.306 e. The maximum absolute atomic E-state index is 12.6. The Morgan fingerprint density at radius 3 is 2.35 bits per heavy atom. The van der Waals surface area contributed by atoms with E-state index in [4.69, 9.17) is 11.6 Å². The van der Waals surface area contributed by atoms with Crippen molar-refractivity contribution in [3.05, 3.63) is 73.9 Å². The molecule has 2 aromatic carbocycles. The number of hydrogen-bond donors (Lipinski definition) is 1. The molecule has 0 radical (unpaired) electrons. The first-order valence-electron chi connectivity index (χ1n) is 6.58. The van der Waals surface area contributed by atoms with E-state index in [0.29, 0.717) is 16.1 Å². The van der Waals surface area contributed by atoms with Gasteiger partial charge in [0.15, 0.2) is 0 Å². The van der Waals surface area contributed by atoms with E-state index in [1.807, 2.05) is 0 Å². The van der Waals surface area contributed by atoms with Crippen molar-refractivity contribution in [1.29, 1.82) is 0 Å². The molecule has 118 valence electrons. The highest BCUT2D eigenvalue weighted by Crippen LogP contribution is 2.16. The van der Waals surface area contributed by atoms with Crippen LogP contribution in [0.15, 0.2) is 56.9 Å². The second kappa shape index (κ2) is 5.36. The lowest BCUT2D eigenvalue weighted by Gasteiger charge is -2.09. The quantitative estimate of drug-likeness (QED) is 0.764.